The molecule has 0 saturated carbocycles. The van der Waals surface area contributed by atoms with Crippen LogP contribution in [0.25, 0.3) is 0 Å². The van der Waals surface area contributed by atoms with E-state index in [-0.39, 0.29) is 31.5 Å². The van der Waals surface area contributed by atoms with Crippen molar-refractivity contribution in [3.63, 3.8) is 0 Å². The quantitative estimate of drug-likeness (QED) is 0.436. The van der Waals surface area contributed by atoms with Crippen LogP contribution in [0.2, 0.25) is 0 Å². The van der Waals surface area contributed by atoms with Gasteiger partial charge in [0, 0.05) is 19.2 Å². The number of hydrogen-bond donors (Lipinski definition) is 0. The van der Waals surface area contributed by atoms with E-state index in [1.165, 1.54) is 11.4 Å². The third-order valence-electron chi connectivity index (χ3n) is 3.82. The van der Waals surface area contributed by atoms with Crippen LogP contribution >= 0.6 is 0 Å². The second kappa shape index (κ2) is 9.87. The van der Waals surface area contributed by atoms with E-state index in [0.29, 0.717) is 0 Å². The first-order valence-electron chi connectivity index (χ1n) is 8.50. The van der Waals surface area contributed by atoms with Crippen LogP contribution in [0.4, 0.5) is 4.79 Å². The topological polar surface area (TPSA) is 91.4 Å². The van der Waals surface area contributed by atoms with E-state index in [4.69, 9.17) is 9.47 Å². The average molecular weight is 398 g/mol. The lowest BCUT2D eigenvalue weighted by molar-refractivity contribution is -0.0956. The molecule has 9 heteroatoms. The minimum Gasteiger partial charge on any atom is -0.431 e. The zero-order valence-corrected chi connectivity index (χ0v) is 18.3. The summed E-state index contributed by atoms with van der Waals surface area (Å²) in [5, 5.41) is 0. The number of hydrogen-bond acceptors (Lipinski definition) is 7. The van der Waals surface area contributed by atoms with E-state index < -0.39 is 27.8 Å². The molecule has 0 aromatic heterocycles. The molecule has 0 unspecified atom stereocenters. The smallest absolute Gasteiger partial charge is 0.431 e. The molecule has 0 aliphatic heterocycles. The zero-order valence-electron chi connectivity index (χ0n) is 17.5. The number of rotatable bonds is 9. The third-order valence-corrected chi connectivity index (χ3v) is 5.31. The molecule has 8 nitrogen and oxygen atoms in total. The highest BCUT2D eigenvalue weighted by atomic mass is 32.2. The van der Waals surface area contributed by atoms with Crippen molar-refractivity contribution in [2.45, 2.75) is 66.2 Å². The molecular formula is C17H35NO7S. The monoisotopic (exact) mass is 397 g/mol. The van der Waals surface area contributed by atoms with Gasteiger partial charge in [0.2, 0.25) is 10.0 Å². The molecule has 0 fully saturated rings. The molecule has 0 amide bonds. The second-order valence-corrected chi connectivity index (χ2v) is 10.2. The zero-order chi connectivity index (χ0) is 20.8. The molecule has 0 N–H and O–H groups in total. The van der Waals surface area contributed by atoms with Gasteiger partial charge >= 0.3 is 6.16 Å². The van der Waals surface area contributed by atoms with Crippen LogP contribution in [-0.2, 0) is 29.0 Å². The number of ether oxygens (including phenoxy) is 4. The molecule has 0 aliphatic rings. The molecule has 0 spiro atoms. The summed E-state index contributed by atoms with van der Waals surface area (Å²) in [6.07, 6.45) is -0.581. The van der Waals surface area contributed by atoms with E-state index in [0.717, 1.165) is 6.26 Å². The van der Waals surface area contributed by atoms with Gasteiger partial charge in [-0.05, 0) is 33.1 Å². The van der Waals surface area contributed by atoms with Crippen molar-refractivity contribution in [2.75, 3.05) is 33.3 Å². The minimum absolute atomic E-state index is 0.0559. The standard InChI is InChI=1S/C17H35NO7S/c1-13(16(2,3)4)25-14(11-23-15(19)24-12-22-8)10-18(17(5,6)7)26(9,20)21/h13-14H,10-12H2,1-9H3/t13-,14-/m0/s1. The van der Waals surface area contributed by atoms with Gasteiger partial charge in [-0.25, -0.2) is 13.2 Å². The van der Waals surface area contributed by atoms with Crippen LogP contribution < -0.4 is 0 Å². The Morgan fingerprint density at radius 3 is 2.00 bits per heavy atom. The number of nitrogens with zero attached hydrogens (tertiary/aromatic N) is 1. The number of carbonyl (C=O) groups excluding carboxylic acids is 1. The molecular weight excluding hydrogens is 362 g/mol. The lowest BCUT2D eigenvalue weighted by Crippen LogP contribution is -2.51. The van der Waals surface area contributed by atoms with Crippen molar-refractivity contribution < 1.29 is 32.2 Å². The van der Waals surface area contributed by atoms with Crippen molar-refractivity contribution >= 4 is 16.2 Å². The molecule has 2 atom stereocenters. The predicted octanol–water partition coefficient (Wildman–Crippen LogP) is 2.62. The Bertz CT molecular complexity index is 534. The Labute approximate surface area is 158 Å². The van der Waals surface area contributed by atoms with E-state index in [9.17, 15) is 13.2 Å². The summed E-state index contributed by atoms with van der Waals surface area (Å²) in [6, 6.07) is 0. The fraction of sp³-hybridized carbons (Fsp3) is 0.941. The minimum atomic E-state index is -3.48. The molecule has 26 heavy (non-hydrogen) atoms. The van der Waals surface area contributed by atoms with E-state index in [2.05, 4.69) is 9.47 Å². The van der Waals surface area contributed by atoms with Crippen molar-refractivity contribution in [3.8, 4) is 0 Å². The van der Waals surface area contributed by atoms with E-state index >= 15 is 0 Å². The van der Waals surface area contributed by atoms with E-state index in [1.54, 1.807) is 20.8 Å². The molecule has 0 aromatic carbocycles. The molecule has 0 aromatic rings. The van der Waals surface area contributed by atoms with Gasteiger partial charge < -0.3 is 18.9 Å². The maximum atomic E-state index is 12.2. The van der Waals surface area contributed by atoms with Gasteiger partial charge in [-0.3, -0.25) is 0 Å². The highest BCUT2D eigenvalue weighted by Gasteiger charge is 2.34. The van der Waals surface area contributed by atoms with Crippen molar-refractivity contribution in [1.29, 1.82) is 0 Å². The molecule has 0 rings (SSSR count). The Hall–Kier alpha value is -0.900. The van der Waals surface area contributed by atoms with Crippen LogP contribution in [0.15, 0.2) is 0 Å². The Morgan fingerprint density at radius 2 is 1.62 bits per heavy atom. The lowest BCUT2D eigenvalue weighted by atomic mass is 9.90. The largest absolute Gasteiger partial charge is 0.510 e. The molecule has 0 radical (unpaired) electrons. The molecule has 0 heterocycles. The maximum Gasteiger partial charge on any atom is 0.510 e. The van der Waals surface area contributed by atoms with Gasteiger partial charge in [-0.15, -0.1) is 0 Å². The number of methoxy groups -OCH3 is 1. The summed E-state index contributed by atoms with van der Waals surface area (Å²) in [6.45, 7) is 13.0. The summed E-state index contributed by atoms with van der Waals surface area (Å²) in [7, 11) is -2.09. The van der Waals surface area contributed by atoms with Crippen LogP contribution in [0.1, 0.15) is 48.5 Å². The first-order valence-corrected chi connectivity index (χ1v) is 10.4. The lowest BCUT2D eigenvalue weighted by Gasteiger charge is -2.38. The summed E-state index contributed by atoms with van der Waals surface area (Å²) in [5.74, 6) is 0. The second-order valence-electron chi connectivity index (χ2n) is 8.34. The molecule has 0 bridgehead atoms. The summed E-state index contributed by atoms with van der Waals surface area (Å²) >= 11 is 0. The third kappa shape index (κ3) is 9.70. The predicted molar refractivity (Wildman–Crippen MR) is 99.4 cm³/mol. The van der Waals surface area contributed by atoms with Crippen LogP contribution in [-0.4, -0.2) is 69.9 Å². The average Bonchev–Trinajstić information content (AvgIpc) is 2.43. The van der Waals surface area contributed by atoms with E-state index in [1.807, 2.05) is 27.7 Å². The highest BCUT2D eigenvalue weighted by molar-refractivity contribution is 7.88. The van der Waals surface area contributed by atoms with Gasteiger partial charge in [0.15, 0.2) is 6.79 Å². The van der Waals surface area contributed by atoms with Crippen molar-refractivity contribution in [2.24, 2.45) is 5.41 Å². The Kier molecular flexibility index (Phi) is 9.53. The van der Waals surface area contributed by atoms with Gasteiger partial charge in [0.25, 0.3) is 0 Å². The summed E-state index contributed by atoms with van der Waals surface area (Å²) in [5.41, 5.74) is -0.802. The van der Waals surface area contributed by atoms with Gasteiger partial charge in [-0.1, -0.05) is 20.8 Å². The van der Waals surface area contributed by atoms with Gasteiger partial charge in [-0.2, -0.15) is 4.31 Å². The summed E-state index contributed by atoms with van der Waals surface area (Å²) in [4.78, 5) is 11.6. The SMILES string of the molecule is COCOC(=O)OC[C@H](CN(C(C)(C)C)S(C)(=O)=O)O[C@@H](C)C(C)(C)C. The maximum absolute atomic E-state index is 12.2. The van der Waals surface area contributed by atoms with Gasteiger partial charge in [0.05, 0.1) is 12.4 Å². The normalized spacial score (nSPS) is 15.6. The van der Waals surface area contributed by atoms with Crippen LogP contribution in [0.5, 0.6) is 0 Å². The fourth-order valence-corrected chi connectivity index (χ4v) is 3.46. The summed E-state index contributed by atoms with van der Waals surface area (Å²) < 4.78 is 46.1. The first-order chi connectivity index (χ1) is 11.6. The molecule has 0 saturated heterocycles. The Morgan fingerprint density at radius 1 is 1.08 bits per heavy atom. The molecule has 156 valence electrons. The van der Waals surface area contributed by atoms with Crippen molar-refractivity contribution in [3.05, 3.63) is 0 Å². The van der Waals surface area contributed by atoms with Crippen LogP contribution in [0, 0.1) is 5.41 Å². The van der Waals surface area contributed by atoms with Gasteiger partial charge in [0.1, 0.15) is 12.7 Å². The number of sulfonamides is 1. The fourth-order valence-electron chi connectivity index (χ4n) is 2.03. The number of carbonyl (C=O) groups is 1. The highest BCUT2D eigenvalue weighted by Crippen LogP contribution is 2.25. The molecule has 0 aliphatic carbocycles. The van der Waals surface area contributed by atoms with Crippen molar-refractivity contribution in [1.82, 2.24) is 4.31 Å². The Balaban J connectivity index is 5.26. The first kappa shape index (κ1) is 25.1. The van der Waals surface area contributed by atoms with Crippen LogP contribution in [0.3, 0.4) is 0 Å².